The van der Waals surface area contributed by atoms with Crippen LogP contribution in [0.15, 0.2) is 24.4 Å². The molecule has 2 N–H and O–H groups in total. The average molecular weight is 187 g/mol. The number of anilines is 1. The van der Waals surface area contributed by atoms with Gasteiger partial charge in [-0.15, -0.1) is 12.4 Å². The summed E-state index contributed by atoms with van der Waals surface area (Å²) in [5.41, 5.74) is 5.57. The molecule has 0 saturated heterocycles. The Hall–Kier alpha value is -0.800. The van der Waals surface area contributed by atoms with E-state index in [9.17, 15) is 0 Å². The number of pyridine rings is 1. The van der Waals surface area contributed by atoms with Gasteiger partial charge in [-0.25, -0.2) is 4.98 Å². The first-order valence-electron chi connectivity index (χ1n) is 2.96. The number of halogens is 1. The number of hydrogen-bond acceptors (Lipinski definition) is 3. The summed E-state index contributed by atoms with van der Waals surface area (Å²) in [6, 6.07) is 5.86. The van der Waals surface area contributed by atoms with Gasteiger partial charge >= 0.3 is 0 Å². The van der Waals surface area contributed by atoms with Crippen molar-refractivity contribution in [2.24, 2.45) is 0 Å². The highest BCUT2D eigenvalue weighted by molar-refractivity contribution is 7.22. The van der Waals surface area contributed by atoms with Crippen LogP contribution in [0.3, 0.4) is 0 Å². The van der Waals surface area contributed by atoms with E-state index in [1.807, 2.05) is 18.2 Å². The Kier molecular flexibility index (Phi) is 2.31. The molecule has 58 valence electrons. The first-order valence-corrected chi connectivity index (χ1v) is 3.78. The van der Waals surface area contributed by atoms with Crippen LogP contribution in [-0.4, -0.2) is 4.98 Å². The molecule has 0 atom stereocenters. The molecule has 4 heteroatoms. The van der Waals surface area contributed by atoms with Gasteiger partial charge in [0, 0.05) is 11.6 Å². The van der Waals surface area contributed by atoms with E-state index in [0.29, 0.717) is 0 Å². The van der Waals surface area contributed by atoms with Gasteiger partial charge < -0.3 is 5.73 Å². The largest absolute Gasteiger partial charge is 0.391 e. The van der Waals surface area contributed by atoms with Gasteiger partial charge in [0.2, 0.25) is 0 Å². The van der Waals surface area contributed by atoms with Crippen LogP contribution in [0.4, 0.5) is 5.00 Å². The average Bonchev–Trinajstić information content (AvgIpc) is 2.27. The van der Waals surface area contributed by atoms with Crippen molar-refractivity contribution in [1.29, 1.82) is 0 Å². The van der Waals surface area contributed by atoms with Crippen molar-refractivity contribution in [3.63, 3.8) is 0 Å². The maximum absolute atomic E-state index is 5.57. The van der Waals surface area contributed by atoms with Crippen molar-refractivity contribution >= 4 is 39.0 Å². The molecule has 2 aromatic rings. The van der Waals surface area contributed by atoms with E-state index < -0.39 is 0 Å². The normalized spacial score (nSPS) is 9.45. The van der Waals surface area contributed by atoms with Gasteiger partial charge in [-0.2, -0.15) is 0 Å². The van der Waals surface area contributed by atoms with Crippen molar-refractivity contribution < 1.29 is 0 Å². The molecule has 0 aliphatic heterocycles. The number of rotatable bonds is 0. The maximum atomic E-state index is 5.57. The molecule has 0 unspecified atom stereocenters. The van der Waals surface area contributed by atoms with E-state index in [-0.39, 0.29) is 12.4 Å². The lowest BCUT2D eigenvalue weighted by atomic mass is 10.3. The van der Waals surface area contributed by atoms with Gasteiger partial charge in [0.25, 0.3) is 0 Å². The first-order chi connectivity index (χ1) is 4.86. The number of hydrogen-bond donors (Lipinski definition) is 1. The van der Waals surface area contributed by atoms with E-state index in [1.165, 1.54) is 11.3 Å². The van der Waals surface area contributed by atoms with Crippen LogP contribution in [0.5, 0.6) is 0 Å². The van der Waals surface area contributed by atoms with Crippen LogP contribution in [0.2, 0.25) is 0 Å². The second kappa shape index (κ2) is 3.07. The molecule has 2 heterocycles. The van der Waals surface area contributed by atoms with Crippen LogP contribution in [0.25, 0.3) is 10.2 Å². The van der Waals surface area contributed by atoms with Crippen LogP contribution in [0.1, 0.15) is 0 Å². The summed E-state index contributed by atoms with van der Waals surface area (Å²) in [6.45, 7) is 0. The molecule has 0 aromatic carbocycles. The summed E-state index contributed by atoms with van der Waals surface area (Å²) < 4.78 is 0. The Bertz CT molecular complexity index is 325. The minimum atomic E-state index is 0. The lowest BCUT2D eigenvalue weighted by Gasteiger charge is -1.81. The Morgan fingerprint density at radius 3 is 3.00 bits per heavy atom. The first kappa shape index (κ1) is 8.30. The van der Waals surface area contributed by atoms with Gasteiger partial charge in [-0.05, 0) is 12.1 Å². The van der Waals surface area contributed by atoms with E-state index in [2.05, 4.69) is 4.98 Å². The van der Waals surface area contributed by atoms with E-state index >= 15 is 0 Å². The van der Waals surface area contributed by atoms with Crippen LogP contribution in [-0.2, 0) is 0 Å². The maximum Gasteiger partial charge on any atom is 0.125 e. The Morgan fingerprint density at radius 1 is 1.45 bits per heavy atom. The van der Waals surface area contributed by atoms with E-state index in [1.54, 1.807) is 6.20 Å². The number of nitrogens with two attached hydrogens (primary N) is 1. The number of nitrogens with zero attached hydrogens (tertiary/aromatic N) is 1. The third-order valence-electron chi connectivity index (χ3n) is 1.31. The SMILES string of the molecule is Cl.Nc1cc2cccnc2s1. The zero-order valence-electron chi connectivity index (χ0n) is 5.65. The van der Waals surface area contributed by atoms with Crippen LogP contribution in [0, 0.1) is 0 Å². The predicted octanol–water partition coefficient (Wildman–Crippen LogP) is 2.30. The molecule has 0 radical (unpaired) electrons. The molecule has 11 heavy (non-hydrogen) atoms. The number of aromatic nitrogens is 1. The second-order valence-electron chi connectivity index (χ2n) is 2.05. The van der Waals surface area contributed by atoms with E-state index in [4.69, 9.17) is 5.73 Å². The minimum Gasteiger partial charge on any atom is -0.391 e. The molecule has 0 spiro atoms. The van der Waals surface area contributed by atoms with Crippen LogP contribution >= 0.6 is 23.7 Å². The molecule has 0 fully saturated rings. The van der Waals surface area contributed by atoms with Crippen molar-refractivity contribution in [1.82, 2.24) is 4.98 Å². The third-order valence-corrected chi connectivity index (χ3v) is 2.20. The standard InChI is InChI=1S/C7H6N2S.ClH/c8-6-4-5-2-1-3-9-7(5)10-6;/h1-4H,8H2;1H. The van der Waals surface area contributed by atoms with Gasteiger partial charge in [0.1, 0.15) is 4.83 Å². The monoisotopic (exact) mass is 186 g/mol. The quantitative estimate of drug-likeness (QED) is 0.686. The predicted molar refractivity (Wildman–Crippen MR) is 51.3 cm³/mol. The van der Waals surface area contributed by atoms with E-state index in [0.717, 1.165) is 15.2 Å². The fourth-order valence-electron chi connectivity index (χ4n) is 0.893. The number of thiophene rings is 1. The van der Waals surface area contributed by atoms with Gasteiger partial charge in [-0.1, -0.05) is 17.4 Å². The summed E-state index contributed by atoms with van der Waals surface area (Å²) in [5.74, 6) is 0. The summed E-state index contributed by atoms with van der Waals surface area (Å²) in [6.07, 6.45) is 1.78. The minimum absolute atomic E-state index is 0. The second-order valence-corrected chi connectivity index (χ2v) is 3.11. The summed E-state index contributed by atoms with van der Waals surface area (Å²) in [4.78, 5) is 5.15. The molecular formula is C7H7ClN2S. The zero-order valence-corrected chi connectivity index (χ0v) is 7.28. The Balaban J connectivity index is 0.000000605. The third kappa shape index (κ3) is 1.44. The summed E-state index contributed by atoms with van der Waals surface area (Å²) >= 11 is 1.52. The van der Waals surface area contributed by atoms with Crippen molar-refractivity contribution in [2.75, 3.05) is 5.73 Å². The van der Waals surface area contributed by atoms with Gasteiger partial charge in [0.15, 0.2) is 0 Å². The molecule has 2 nitrogen and oxygen atoms in total. The van der Waals surface area contributed by atoms with Gasteiger partial charge in [0.05, 0.1) is 5.00 Å². The fourth-order valence-corrected chi connectivity index (χ4v) is 1.66. The molecule has 0 amide bonds. The fraction of sp³-hybridized carbons (Fsp3) is 0. The Morgan fingerprint density at radius 2 is 2.27 bits per heavy atom. The number of nitrogen functional groups attached to an aromatic ring is 1. The highest BCUT2D eigenvalue weighted by Gasteiger charge is 1.95. The lowest BCUT2D eigenvalue weighted by molar-refractivity contribution is 1.45. The number of fused-ring (bicyclic) bond motifs is 1. The topological polar surface area (TPSA) is 38.9 Å². The van der Waals surface area contributed by atoms with Crippen molar-refractivity contribution in [2.45, 2.75) is 0 Å². The molecule has 0 aliphatic rings. The van der Waals surface area contributed by atoms with Crippen LogP contribution < -0.4 is 5.73 Å². The van der Waals surface area contributed by atoms with Crippen molar-refractivity contribution in [3.8, 4) is 0 Å². The summed E-state index contributed by atoms with van der Waals surface area (Å²) in [7, 11) is 0. The van der Waals surface area contributed by atoms with Gasteiger partial charge in [-0.3, -0.25) is 0 Å². The highest BCUT2D eigenvalue weighted by Crippen LogP contribution is 2.24. The molecule has 0 aliphatic carbocycles. The molecule has 2 aromatic heterocycles. The highest BCUT2D eigenvalue weighted by atomic mass is 35.5. The zero-order chi connectivity index (χ0) is 6.97. The smallest absolute Gasteiger partial charge is 0.125 e. The molecule has 0 bridgehead atoms. The molecular weight excluding hydrogens is 180 g/mol. The summed E-state index contributed by atoms with van der Waals surface area (Å²) in [5, 5.41) is 1.96. The molecule has 2 rings (SSSR count). The van der Waals surface area contributed by atoms with Crippen molar-refractivity contribution in [3.05, 3.63) is 24.4 Å². The lowest BCUT2D eigenvalue weighted by Crippen LogP contribution is -1.72. The molecule has 0 saturated carbocycles. The Labute approximate surface area is 74.5 Å².